The number of hydrogen-bond acceptors (Lipinski definition) is 0. The molecule has 1 heteroatoms. The van der Waals surface area contributed by atoms with Gasteiger partial charge in [-0.25, -0.2) is 0 Å². The van der Waals surface area contributed by atoms with Crippen molar-refractivity contribution in [3.05, 3.63) is 172 Å². The molecule has 0 saturated carbocycles. The average molecular weight is 509 g/mol. The number of fused-ring (bicyclic) bond motifs is 1. The Labute approximate surface area is 230 Å². The number of allylic oxidation sites excluding steroid dienone is 4. The fourth-order valence-electron chi connectivity index (χ4n) is 5.87. The van der Waals surface area contributed by atoms with E-state index in [0.717, 1.165) is 5.02 Å². The van der Waals surface area contributed by atoms with Gasteiger partial charge in [0, 0.05) is 10.9 Å². The van der Waals surface area contributed by atoms with Crippen molar-refractivity contribution in [2.45, 2.75) is 19.8 Å². The molecule has 0 aromatic heterocycles. The second-order valence-electron chi connectivity index (χ2n) is 9.89. The van der Waals surface area contributed by atoms with Crippen LogP contribution in [0.1, 0.15) is 47.6 Å². The maximum atomic E-state index is 6.26. The summed E-state index contributed by atoms with van der Waals surface area (Å²) in [6, 6.07) is 47.6. The molecule has 38 heavy (non-hydrogen) atoms. The van der Waals surface area contributed by atoms with Gasteiger partial charge in [0.1, 0.15) is 0 Å². The molecule has 0 N–H and O–H groups in total. The lowest BCUT2D eigenvalue weighted by atomic mass is 9.80. The zero-order valence-electron chi connectivity index (χ0n) is 21.7. The SMILES string of the molecule is CC(=C1/C(=C(\C)c2ccccc2)C(c2ccccc2-c2ccc(Cl)cc2)c2ccccc21)c1ccccc1. The van der Waals surface area contributed by atoms with Crippen LogP contribution >= 0.6 is 11.6 Å². The summed E-state index contributed by atoms with van der Waals surface area (Å²) in [7, 11) is 0. The molecular weight excluding hydrogens is 480 g/mol. The van der Waals surface area contributed by atoms with Crippen LogP contribution in [0.5, 0.6) is 0 Å². The Kier molecular flexibility index (Phi) is 6.58. The lowest BCUT2D eigenvalue weighted by molar-refractivity contribution is 1.02. The third-order valence-electron chi connectivity index (χ3n) is 7.72. The Morgan fingerprint density at radius 3 is 1.58 bits per heavy atom. The van der Waals surface area contributed by atoms with E-state index in [4.69, 9.17) is 11.6 Å². The molecule has 1 atom stereocenters. The second kappa shape index (κ2) is 10.3. The van der Waals surface area contributed by atoms with Crippen LogP contribution in [0.25, 0.3) is 27.8 Å². The van der Waals surface area contributed by atoms with E-state index in [0.29, 0.717) is 0 Å². The van der Waals surface area contributed by atoms with Gasteiger partial charge < -0.3 is 0 Å². The Balaban J connectivity index is 1.69. The van der Waals surface area contributed by atoms with Gasteiger partial charge in [-0.3, -0.25) is 0 Å². The molecule has 0 spiro atoms. The largest absolute Gasteiger partial charge is 0.0843 e. The van der Waals surface area contributed by atoms with Crippen LogP contribution in [-0.4, -0.2) is 0 Å². The first-order chi connectivity index (χ1) is 18.6. The molecule has 6 rings (SSSR count). The molecule has 0 fully saturated rings. The van der Waals surface area contributed by atoms with E-state index in [-0.39, 0.29) is 5.92 Å². The molecule has 0 amide bonds. The van der Waals surface area contributed by atoms with Gasteiger partial charge in [0.15, 0.2) is 0 Å². The molecule has 1 aliphatic rings. The van der Waals surface area contributed by atoms with Crippen LogP contribution in [0, 0.1) is 0 Å². The summed E-state index contributed by atoms with van der Waals surface area (Å²) in [5.41, 5.74) is 14.2. The van der Waals surface area contributed by atoms with Crippen LogP contribution in [0.4, 0.5) is 0 Å². The Hall–Kier alpha value is -4.13. The van der Waals surface area contributed by atoms with Crippen LogP contribution in [0.2, 0.25) is 5.02 Å². The topological polar surface area (TPSA) is 0 Å². The van der Waals surface area contributed by atoms with E-state index in [1.807, 2.05) is 12.1 Å². The van der Waals surface area contributed by atoms with E-state index in [2.05, 4.69) is 135 Å². The van der Waals surface area contributed by atoms with Crippen molar-refractivity contribution in [3.8, 4) is 11.1 Å². The minimum Gasteiger partial charge on any atom is -0.0843 e. The summed E-state index contributed by atoms with van der Waals surface area (Å²) in [6.45, 7) is 4.56. The molecule has 0 radical (unpaired) electrons. The maximum absolute atomic E-state index is 6.26. The van der Waals surface area contributed by atoms with Gasteiger partial charge in [0.25, 0.3) is 0 Å². The highest BCUT2D eigenvalue weighted by Crippen LogP contribution is 2.55. The Morgan fingerprint density at radius 2 is 0.974 bits per heavy atom. The fourth-order valence-corrected chi connectivity index (χ4v) is 6.00. The highest BCUT2D eigenvalue weighted by atomic mass is 35.5. The van der Waals surface area contributed by atoms with Crippen molar-refractivity contribution in [2.75, 3.05) is 0 Å². The first-order valence-corrected chi connectivity index (χ1v) is 13.5. The van der Waals surface area contributed by atoms with E-state index in [9.17, 15) is 0 Å². The molecule has 5 aromatic rings. The van der Waals surface area contributed by atoms with E-state index in [1.54, 1.807) is 0 Å². The van der Waals surface area contributed by atoms with E-state index >= 15 is 0 Å². The molecule has 0 nitrogen and oxygen atoms in total. The van der Waals surface area contributed by atoms with Gasteiger partial charge in [-0.1, -0.05) is 133 Å². The van der Waals surface area contributed by atoms with Gasteiger partial charge >= 0.3 is 0 Å². The minimum atomic E-state index is 0.104. The predicted octanol–water partition coefficient (Wildman–Crippen LogP) is 10.6. The highest BCUT2D eigenvalue weighted by molar-refractivity contribution is 6.30. The molecule has 0 saturated heterocycles. The van der Waals surface area contributed by atoms with Gasteiger partial charge in [-0.05, 0) is 87.2 Å². The number of benzene rings is 5. The fraction of sp³-hybridized carbons (Fsp3) is 0.0811. The third kappa shape index (κ3) is 4.32. The molecular formula is C37H29Cl. The smallest absolute Gasteiger partial charge is 0.0406 e. The number of hydrogen-bond donors (Lipinski definition) is 0. The quantitative estimate of drug-likeness (QED) is 0.226. The van der Waals surface area contributed by atoms with Crippen LogP contribution in [-0.2, 0) is 0 Å². The molecule has 0 aliphatic heterocycles. The predicted molar refractivity (Wildman–Crippen MR) is 163 cm³/mol. The van der Waals surface area contributed by atoms with E-state index < -0.39 is 0 Å². The van der Waals surface area contributed by atoms with Crippen molar-refractivity contribution < 1.29 is 0 Å². The van der Waals surface area contributed by atoms with Crippen LogP contribution in [0.15, 0.2) is 139 Å². The molecule has 0 heterocycles. The molecule has 0 bridgehead atoms. The number of rotatable bonds is 4. The lowest BCUT2D eigenvalue weighted by Crippen LogP contribution is -2.04. The minimum absolute atomic E-state index is 0.104. The van der Waals surface area contributed by atoms with Crippen molar-refractivity contribution in [3.63, 3.8) is 0 Å². The van der Waals surface area contributed by atoms with Crippen molar-refractivity contribution in [1.82, 2.24) is 0 Å². The first kappa shape index (κ1) is 24.2. The monoisotopic (exact) mass is 508 g/mol. The standard InChI is InChI=1S/C37H29Cl/c1-25(27-13-5-3-6-14-27)35-33-19-11-12-20-34(33)37(36(35)26(2)28-15-7-4-8-16-28)32-18-10-9-17-31(32)29-21-23-30(38)24-22-29/h3-24,37H,1-2H3/b35-25?,36-26-. The zero-order chi connectivity index (χ0) is 26.1. The van der Waals surface area contributed by atoms with Crippen molar-refractivity contribution in [2.24, 2.45) is 0 Å². The average Bonchev–Trinajstić information content (AvgIpc) is 3.33. The van der Waals surface area contributed by atoms with Crippen molar-refractivity contribution in [1.29, 1.82) is 0 Å². The maximum Gasteiger partial charge on any atom is 0.0406 e. The van der Waals surface area contributed by atoms with Gasteiger partial charge in [0.05, 0.1) is 0 Å². The number of halogens is 1. The van der Waals surface area contributed by atoms with E-state index in [1.165, 1.54) is 61.2 Å². The molecule has 184 valence electrons. The normalized spacial score (nSPS) is 17.2. The second-order valence-corrected chi connectivity index (χ2v) is 10.3. The molecule has 1 aliphatic carbocycles. The van der Waals surface area contributed by atoms with Crippen LogP contribution < -0.4 is 0 Å². The van der Waals surface area contributed by atoms with Crippen LogP contribution in [0.3, 0.4) is 0 Å². The van der Waals surface area contributed by atoms with Gasteiger partial charge in [-0.15, -0.1) is 0 Å². The van der Waals surface area contributed by atoms with Gasteiger partial charge in [0.2, 0.25) is 0 Å². The summed E-state index contributed by atoms with van der Waals surface area (Å²) in [6.07, 6.45) is 0. The first-order valence-electron chi connectivity index (χ1n) is 13.1. The molecule has 5 aromatic carbocycles. The summed E-state index contributed by atoms with van der Waals surface area (Å²) in [5.74, 6) is 0.104. The Morgan fingerprint density at radius 1 is 0.500 bits per heavy atom. The third-order valence-corrected chi connectivity index (χ3v) is 7.97. The summed E-state index contributed by atoms with van der Waals surface area (Å²) >= 11 is 6.26. The lowest BCUT2D eigenvalue weighted by Gasteiger charge is -2.22. The Bertz CT molecular complexity index is 1660. The van der Waals surface area contributed by atoms with Crippen molar-refractivity contribution >= 4 is 28.3 Å². The molecule has 1 unspecified atom stereocenters. The summed E-state index contributed by atoms with van der Waals surface area (Å²) < 4.78 is 0. The zero-order valence-corrected chi connectivity index (χ0v) is 22.4. The van der Waals surface area contributed by atoms with Gasteiger partial charge in [-0.2, -0.15) is 0 Å². The summed E-state index contributed by atoms with van der Waals surface area (Å²) in [5, 5.41) is 0.752. The highest BCUT2D eigenvalue weighted by Gasteiger charge is 2.36. The summed E-state index contributed by atoms with van der Waals surface area (Å²) in [4.78, 5) is 0.